The highest BCUT2D eigenvalue weighted by Gasteiger charge is 2.34. The Kier molecular flexibility index (Phi) is 7.13. The van der Waals surface area contributed by atoms with Gasteiger partial charge in [-0.2, -0.15) is 0 Å². The zero-order chi connectivity index (χ0) is 18.4. The van der Waals surface area contributed by atoms with Gasteiger partial charge in [0.25, 0.3) is 11.1 Å². The van der Waals surface area contributed by atoms with Gasteiger partial charge in [0.15, 0.2) is 11.5 Å². The lowest BCUT2D eigenvalue weighted by molar-refractivity contribution is -0.122. The van der Waals surface area contributed by atoms with Gasteiger partial charge in [0, 0.05) is 6.54 Å². The molecule has 0 unspecified atom stereocenters. The Hall–Kier alpha value is -1.73. The second-order valence-corrected chi connectivity index (χ2v) is 7.17. The maximum atomic E-state index is 12.4. The van der Waals surface area contributed by atoms with Crippen LogP contribution in [0, 0.1) is 0 Å². The van der Waals surface area contributed by atoms with Crippen LogP contribution in [0.1, 0.15) is 25.3 Å². The molecule has 0 bridgehead atoms. The number of halogens is 1. The molecule has 7 heteroatoms. The first kappa shape index (κ1) is 19.6. The van der Waals surface area contributed by atoms with Gasteiger partial charge in [-0.15, -0.1) is 0 Å². The van der Waals surface area contributed by atoms with Crippen LogP contribution in [0.3, 0.4) is 0 Å². The van der Waals surface area contributed by atoms with E-state index in [9.17, 15) is 9.59 Å². The molecule has 1 aromatic carbocycles. The van der Waals surface area contributed by atoms with Crippen LogP contribution in [0.4, 0.5) is 4.79 Å². The number of benzene rings is 1. The molecule has 1 fully saturated rings. The average molecular weight is 426 g/mol. The molecule has 0 atom stereocenters. The summed E-state index contributed by atoms with van der Waals surface area (Å²) in [5.74, 6) is 0.855. The average Bonchev–Trinajstić information content (AvgIpc) is 2.85. The molecular formula is C18H20BrNO4S. The third-order valence-electron chi connectivity index (χ3n) is 3.50. The summed E-state index contributed by atoms with van der Waals surface area (Å²) in [4.78, 5) is 26.1. The number of thioether (sulfide) groups is 1. The first-order valence-corrected chi connectivity index (χ1v) is 9.49. The molecule has 2 rings (SSSR count). The number of carbonyl (C=O) groups is 2. The van der Waals surface area contributed by atoms with E-state index in [4.69, 9.17) is 9.47 Å². The normalized spacial score (nSPS) is 15.8. The second kappa shape index (κ2) is 9.10. The number of hydrogen-bond donors (Lipinski definition) is 0. The smallest absolute Gasteiger partial charge is 0.293 e. The van der Waals surface area contributed by atoms with Crippen molar-refractivity contribution in [1.82, 2.24) is 4.90 Å². The van der Waals surface area contributed by atoms with Crippen LogP contribution < -0.4 is 9.47 Å². The molecule has 0 N–H and O–H groups in total. The molecule has 0 aromatic heterocycles. The van der Waals surface area contributed by atoms with Gasteiger partial charge in [-0.05, 0) is 57.9 Å². The third-order valence-corrected chi connectivity index (χ3v) is 5.00. The SMILES string of the molecule is C=CCOc1c(Br)cc(/C=C2\SC(=O)N(CCCC)C2=O)cc1OC. The summed E-state index contributed by atoms with van der Waals surface area (Å²) < 4.78 is 11.6. The molecule has 5 nitrogen and oxygen atoms in total. The summed E-state index contributed by atoms with van der Waals surface area (Å²) >= 11 is 4.42. The van der Waals surface area contributed by atoms with E-state index in [1.807, 2.05) is 13.0 Å². The van der Waals surface area contributed by atoms with Crippen LogP contribution in [0.15, 0.2) is 34.2 Å². The molecule has 1 aliphatic heterocycles. The lowest BCUT2D eigenvalue weighted by atomic mass is 10.2. The number of unbranched alkanes of at least 4 members (excludes halogenated alkanes) is 1. The molecule has 1 aliphatic rings. The zero-order valence-corrected chi connectivity index (χ0v) is 16.6. The first-order chi connectivity index (χ1) is 12.0. The maximum Gasteiger partial charge on any atom is 0.293 e. The van der Waals surface area contributed by atoms with Crippen LogP contribution >= 0.6 is 27.7 Å². The van der Waals surface area contributed by atoms with E-state index < -0.39 is 0 Å². The fourth-order valence-corrected chi connectivity index (χ4v) is 3.71. The fourth-order valence-electron chi connectivity index (χ4n) is 2.27. The molecule has 1 saturated heterocycles. The number of imide groups is 1. The minimum atomic E-state index is -0.245. The highest BCUT2D eigenvalue weighted by Crippen LogP contribution is 2.39. The van der Waals surface area contributed by atoms with Crippen molar-refractivity contribution in [3.63, 3.8) is 0 Å². The van der Waals surface area contributed by atoms with Crippen molar-refractivity contribution in [1.29, 1.82) is 0 Å². The van der Waals surface area contributed by atoms with E-state index in [-0.39, 0.29) is 11.1 Å². The highest BCUT2D eigenvalue weighted by molar-refractivity contribution is 9.10. The van der Waals surface area contributed by atoms with Gasteiger partial charge in [-0.3, -0.25) is 14.5 Å². The fraction of sp³-hybridized carbons (Fsp3) is 0.333. The number of methoxy groups -OCH3 is 1. The predicted molar refractivity (Wildman–Crippen MR) is 104 cm³/mol. The van der Waals surface area contributed by atoms with E-state index in [0.717, 1.165) is 30.2 Å². The van der Waals surface area contributed by atoms with Gasteiger partial charge in [0.1, 0.15) is 6.61 Å². The van der Waals surface area contributed by atoms with Gasteiger partial charge in [0.05, 0.1) is 16.5 Å². The summed E-state index contributed by atoms with van der Waals surface area (Å²) in [5, 5.41) is -0.221. The standard InChI is InChI=1S/C18H20BrNO4S/c1-4-6-7-20-17(21)15(25-18(20)22)11-12-9-13(19)16(24-8-5-2)14(10-12)23-3/h5,9-11H,2,4,6-8H2,1,3H3/b15-11-. The molecule has 1 aromatic rings. The van der Waals surface area contributed by atoms with E-state index in [0.29, 0.717) is 34.0 Å². The summed E-state index contributed by atoms with van der Waals surface area (Å²) in [6.45, 7) is 6.46. The Morgan fingerprint density at radius 2 is 2.12 bits per heavy atom. The van der Waals surface area contributed by atoms with Crippen LogP contribution in [0.25, 0.3) is 6.08 Å². The van der Waals surface area contributed by atoms with Crippen LogP contribution in [-0.4, -0.2) is 36.3 Å². The molecule has 0 saturated carbocycles. The molecule has 0 spiro atoms. The minimum absolute atomic E-state index is 0.221. The summed E-state index contributed by atoms with van der Waals surface area (Å²) in [5.41, 5.74) is 0.746. The molecule has 134 valence electrons. The molecule has 0 aliphatic carbocycles. The number of hydrogen-bond acceptors (Lipinski definition) is 5. The quantitative estimate of drug-likeness (QED) is 0.439. The molecule has 0 radical (unpaired) electrons. The van der Waals surface area contributed by atoms with Crippen molar-refractivity contribution < 1.29 is 19.1 Å². The Balaban J connectivity index is 2.28. The predicted octanol–water partition coefficient (Wildman–Crippen LogP) is 4.86. The highest BCUT2D eigenvalue weighted by atomic mass is 79.9. The maximum absolute atomic E-state index is 12.4. The van der Waals surface area contributed by atoms with Crippen molar-refractivity contribution in [2.45, 2.75) is 19.8 Å². The van der Waals surface area contributed by atoms with E-state index in [2.05, 4.69) is 22.5 Å². The Morgan fingerprint density at radius 1 is 1.36 bits per heavy atom. The molecule has 25 heavy (non-hydrogen) atoms. The Labute approximate surface area is 160 Å². The summed E-state index contributed by atoms with van der Waals surface area (Å²) in [6.07, 6.45) is 5.07. The molecule has 1 heterocycles. The van der Waals surface area contributed by atoms with Crippen molar-refractivity contribution in [3.05, 3.63) is 39.7 Å². The monoisotopic (exact) mass is 425 g/mol. The lowest BCUT2D eigenvalue weighted by Crippen LogP contribution is -2.29. The van der Waals surface area contributed by atoms with Crippen molar-refractivity contribution in [2.75, 3.05) is 20.3 Å². The minimum Gasteiger partial charge on any atom is -0.493 e. The topological polar surface area (TPSA) is 55.8 Å². The van der Waals surface area contributed by atoms with Crippen molar-refractivity contribution in [3.8, 4) is 11.5 Å². The van der Waals surface area contributed by atoms with Gasteiger partial charge >= 0.3 is 0 Å². The molecule has 2 amide bonds. The number of nitrogens with zero attached hydrogens (tertiary/aromatic N) is 1. The number of amides is 2. The van der Waals surface area contributed by atoms with Crippen molar-refractivity contribution >= 4 is 44.9 Å². The number of rotatable bonds is 8. The van der Waals surface area contributed by atoms with Gasteiger partial charge in [-0.1, -0.05) is 26.0 Å². The van der Waals surface area contributed by atoms with Crippen molar-refractivity contribution in [2.24, 2.45) is 0 Å². The van der Waals surface area contributed by atoms with Crippen LogP contribution in [0.2, 0.25) is 0 Å². The van der Waals surface area contributed by atoms with Gasteiger partial charge in [0.2, 0.25) is 0 Å². The Morgan fingerprint density at radius 3 is 2.76 bits per heavy atom. The largest absolute Gasteiger partial charge is 0.493 e. The number of ether oxygens (including phenoxy) is 2. The lowest BCUT2D eigenvalue weighted by Gasteiger charge is -2.12. The molecular weight excluding hydrogens is 406 g/mol. The van der Waals surface area contributed by atoms with E-state index in [1.54, 1.807) is 25.3 Å². The number of carbonyl (C=O) groups excluding carboxylic acids is 2. The third kappa shape index (κ3) is 4.67. The van der Waals surface area contributed by atoms with Gasteiger partial charge < -0.3 is 9.47 Å². The van der Waals surface area contributed by atoms with E-state index in [1.165, 1.54) is 4.90 Å². The second-order valence-electron chi connectivity index (χ2n) is 5.32. The zero-order valence-electron chi connectivity index (χ0n) is 14.2. The summed E-state index contributed by atoms with van der Waals surface area (Å²) in [7, 11) is 1.55. The summed E-state index contributed by atoms with van der Waals surface area (Å²) in [6, 6.07) is 3.59. The first-order valence-electron chi connectivity index (χ1n) is 7.88. The van der Waals surface area contributed by atoms with Gasteiger partial charge in [-0.25, -0.2) is 0 Å². The van der Waals surface area contributed by atoms with Crippen LogP contribution in [-0.2, 0) is 4.79 Å². The van der Waals surface area contributed by atoms with Crippen LogP contribution in [0.5, 0.6) is 11.5 Å². The Bertz CT molecular complexity index is 717. The van der Waals surface area contributed by atoms with E-state index >= 15 is 0 Å².